The van der Waals surface area contributed by atoms with Crippen molar-refractivity contribution in [2.45, 2.75) is 27.7 Å². The zero-order chi connectivity index (χ0) is 19.7. The third-order valence-corrected chi connectivity index (χ3v) is 5.15. The van der Waals surface area contributed by atoms with Gasteiger partial charge in [0, 0.05) is 30.3 Å². The monoisotopic (exact) mass is 370 g/mol. The molecule has 0 atom stereocenters. The summed E-state index contributed by atoms with van der Waals surface area (Å²) in [5, 5.41) is 10.9. The molecular formula is C18H17BF2N4O2. The van der Waals surface area contributed by atoms with Crippen molar-refractivity contribution in [3.63, 3.8) is 0 Å². The van der Waals surface area contributed by atoms with Crippen LogP contribution in [0.2, 0.25) is 0 Å². The average molecular weight is 370 g/mol. The van der Waals surface area contributed by atoms with Crippen molar-refractivity contribution in [2.24, 2.45) is 0 Å². The van der Waals surface area contributed by atoms with Crippen molar-refractivity contribution in [1.29, 1.82) is 0 Å². The first-order valence-electron chi connectivity index (χ1n) is 8.52. The van der Waals surface area contributed by atoms with Crippen molar-refractivity contribution in [3.05, 3.63) is 74.5 Å². The van der Waals surface area contributed by atoms with Crippen LogP contribution >= 0.6 is 0 Å². The Kier molecular flexibility index (Phi) is 3.50. The van der Waals surface area contributed by atoms with E-state index in [0.29, 0.717) is 45.2 Å². The lowest BCUT2D eigenvalue weighted by Gasteiger charge is -2.33. The Morgan fingerprint density at radius 3 is 2.52 bits per heavy atom. The van der Waals surface area contributed by atoms with E-state index in [-0.39, 0.29) is 5.69 Å². The van der Waals surface area contributed by atoms with Crippen LogP contribution in [0.15, 0.2) is 41.7 Å². The molecule has 0 spiro atoms. The number of halogens is 2. The van der Waals surface area contributed by atoms with Crippen LogP contribution in [-0.4, -0.2) is 31.6 Å². The van der Waals surface area contributed by atoms with E-state index in [1.54, 1.807) is 39.8 Å². The predicted octanol–water partition coefficient (Wildman–Crippen LogP) is 3.84. The van der Waals surface area contributed by atoms with Crippen LogP contribution in [0.5, 0.6) is 0 Å². The Labute approximate surface area is 154 Å². The maximum Gasteiger partial charge on any atom is 0.737 e. The average Bonchev–Trinajstić information content (AvgIpc) is 3.05. The maximum atomic E-state index is 15.5. The molecule has 4 rings (SSSR count). The zero-order valence-corrected chi connectivity index (χ0v) is 15.3. The molecule has 0 amide bonds. The van der Waals surface area contributed by atoms with E-state index in [2.05, 4.69) is 4.98 Å². The molecule has 0 unspecified atom stereocenters. The first kappa shape index (κ1) is 17.3. The molecule has 138 valence electrons. The standard InChI is InChI=1S/C18H17BF2N4O2/c1-10-7-12(3)23-17(10)16(15-6-5-14(9-22-15)25(26)27)18-11(2)8-13(4)24(18)19(23,20)21/h5-9H,1-4H3. The van der Waals surface area contributed by atoms with E-state index in [1.165, 1.54) is 12.1 Å². The minimum absolute atomic E-state index is 0.142. The SMILES string of the molecule is CC1=CC(C)=[N+]2C1=C(c1ccc([N+](=O)[O-])cn1)c1c(C)cc(C)n1[B-]2(F)F. The first-order valence-corrected chi connectivity index (χ1v) is 8.52. The third-order valence-electron chi connectivity index (χ3n) is 5.15. The third kappa shape index (κ3) is 2.24. The van der Waals surface area contributed by atoms with Gasteiger partial charge in [-0.05, 0) is 44.2 Å². The molecule has 0 radical (unpaired) electrons. The number of allylic oxidation sites excluding steroid dienone is 2. The normalized spacial score (nSPS) is 17.8. The number of hydrogen-bond donors (Lipinski definition) is 0. The second kappa shape index (κ2) is 5.45. The number of aryl methyl sites for hydroxylation is 2. The quantitative estimate of drug-likeness (QED) is 0.459. The molecule has 0 saturated carbocycles. The summed E-state index contributed by atoms with van der Waals surface area (Å²) < 4.78 is 33.1. The summed E-state index contributed by atoms with van der Waals surface area (Å²) in [4.78, 5) is 14.6. The van der Waals surface area contributed by atoms with E-state index < -0.39 is 11.9 Å². The molecule has 2 aliphatic heterocycles. The van der Waals surface area contributed by atoms with Gasteiger partial charge in [0.25, 0.3) is 5.69 Å². The molecule has 0 saturated heterocycles. The van der Waals surface area contributed by atoms with Crippen LogP contribution in [0.1, 0.15) is 36.5 Å². The van der Waals surface area contributed by atoms with Crippen molar-refractivity contribution >= 4 is 23.9 Å². The van der Waals surface area contributed by atoms with Gasteiger partial charge in [-0.25, -0.2) is 4.98 Å². The van der Waals surface area contributed by atoms with Gasteiger partial charge in [-0.1, -0.05) is 0 Å². The van der Waals surface area contributed by atoms with E-state index in [1.807, 2.05) is 0 Å². The molecule has 2 aromatic heterocycles. The largest absolute Gasteiger partial charge is 0.737 e. The van der Waals surface area contributed by atoms with Gasteiger partial charge in [0.1, 0.15) is 11.9 Å². The summed E-state index contributed by atoms with van der Waals surface area (Å²) in [6.07, 6.45) is 2.89. The molecule has 0 aromatic carbocycles. The minimum Gasteiger partial charge on any atom is -0.393 e. The van der Waals surface area contributed by atoms with Gasteiger partial charge in [-0.2, -0.15) is 0 Å². The summed E-state index contributed by atoms with van der Waals surface area (Å²) in [6, 6.07) is 4.59. The van der Waals surface area contributed by atoms with E-state index in [0.717, 1.165) is 15.2 Å². The summed E-state index contributed by atoms with van der Waals surface area (Å²) in [7, 11) is 0. The number of nitrogens with zero attached hydrogens (tertiary/aromatic N) is 4. The molecule has 4 heterocycles. The van der Waals surface area contributed by atoms with Crippen LogP contribution in [0.4, 0.5) is 14.3 Å². The van der Waals surface area contributed by atoms with Gasteiger partial charge in [0.15, 0.2) is 5.70 Å². The number of hydrogen-bond acceptors (Lipinski definition) is 3. The fourth-order valence-corrected chi connectivity index (χ4v) is 4.18. The number of pyridine rings is 1. The van der Waals surface area contributed by atoms with Crippen molar-refractivity contribution in [1.82, 2.24) is 9.46 Å². The summed E-state index contributed by atoms with van der Waals surface area (Å²) >= 11 is 0. The van der Waals surface area contributed by atoms with Crippen LogP contribution < -0.4 is 0 Å². The van der Waals surface area contributed by atoms with Crippen molar-refractivity contribution in [2.75, 3.05) is 0 Å². The topological polar surface area (TPSA) is 64.0 Å². The molecular weight excluding hydrogens is 353 g/mol. The molecule has 9 heteroatoms. The molecule has 0 N–H and O–H groups in total. The molecule has 6 nitrogen and oxygen atoms in total. The lowest BCUT2D eigenvalue weighted by atomic mass is 9.85. The fraction of sp³-hybridized carbons (Fsp3) is 0.222. The minimum atomic E-state index is -4.04. The van der Waals surface area contributed by atoms with E-state index >= 15 is 8.63 Å². The highest BCUT2D eigenvalue weighted by atomic mass is 19.2. The lowest BCUT2D eigenvalue weighted by Crippen LogP contribution is -2.51. The summed E-state index contributed by atoms with van der Waals surface area (Å²) in [5.41, 5.74) is 4.02. The Morgan fingerprint density at radius 1 is 1.22 bits per heavy atom. The maximum absolute atomic E-state index is 15.5. The number of fused-ring (bicyclic) bond motifs is 2. The predicted molar refractivity (Wildman–Crippen MR) is 98.9 cm³/mol. The Morgan fingerprint density at radius 2 is 1.93 bits per heavy atom. The van der Waals surface area contributed by atoms with Gasteiger partial charge in [0.2, 0.25) is 0 Å². The van der Waals surface area contributed by atoms with Gasteiger partial charge in [-0.15, -0.1) is 0 Å². The Bertz CT molecular complexity index is 1110. The zero-order valence-electron chi connectivity index (χ0n) is 15.3. The Hall–Kier alpha value is -3.10. The van der Waals surface area contributed by atoms with Gasteiger partial charge < -0.3 is 17.6 Å². The molecule has 0 bridgehead atoms. The summed E-state index contributed by atoms with van der Waals surface area (Å²) in [5.74, 6) is 0. The fourth-order valence-electron chi connectivity index (χ4n) is 4.18. The highest BCUT2D eigenvalue weighted by Crippen LogP contribution is 2.43. The molecule has 2 aromatic rings. The van der Waals surface area contributed by atoms with E-state index in [4.69, 9.17) is 0 Å². The van der Waals surface area contributed by atoms with E-state index in [9.17, 15) is 10.1 Å². The molecule has 0 fully saturated rings. The van der Waals surface area contributed by atoms with Crippen molar-refractivity contribution < 1.29 is 18.0 Å². The lowest BCUT2D eigenvalue weighted by molar-refractivity contribution is -0.385. The first-order chi connectivity index (χ1) is 12.6. The van der Waals surface area contributed by atoms with Crippen LogP contribution in [-0.2, 0) is 0 Å². The highest BCUT2D eigenvalue weighted by Gasteiger charge is 2.55. The second-order valence-corrected chi connectivity index (χ2v) is 7.00. The number of nitro groups is 1. The Balaban J connectivity index is 2.10. The van der Waals surface area contributed by atoms with Gasteiger partial charge in [-0.3, -0.25) is 10.1 Å². The highest BCUT2D eigenvalue weighted by molar-refractivity contribution is 6.58. The van der Waals surface area contributed by atoms with Gasteiger partial charge in [0.05, 0.1) is 16.2 Å². The molecule has 0 aliphatic carbocycles. The molecule has 27 heavy (non-hydrogen) atoms. The molecule has 2 aliphatic rings. The van der Waals surface area contributed by atoms with Crippen LogP contribution in [0, 0.1) is 24.0 Å². The number of aromatic nitrogens is 2. The smallest absolute Gasteiger partial charge is 0.393 e. The van der Waals surface area contributed by atoms with Crippen LogP contribution in [0.25, 0.3) is 5.57 Å². The summed E-state index contributed by atoms with van der Waals surface area (Å²) in [6.45, 7) is 2.85. The number of rotatable bonds is 2. The van der Waals surface area contributed by atoms with Crippen molar-refractivity contribution in [3.8, 4) is 0 Å². The van der Waals surface area contributed by atoms with Gasteiger partial charge >= 0.3 is 6.97 Å². The van der Waals surface area contributed by atoms with Crippen LogP contribution in [0.3, 0.4) is 0 Å². The second-order valence-electron chi connectivity index (χ2n) is 7.00.